The first-order chi connectivity index (χ1) is 18.0. The summed E-state index contributed by atoms with van der Waals surface area (Å²) in [5.74, 6) is -4.89. The Bertz CT molecular complexity index is 1150. The van der Waals surface area contributed by atoms with E-state index in [9.17, 15) is 29.1 Å². The smallest absolute Gasteiger partial charge is 0.326 e. The molecule has 5 unspecified atom stereocenters. The molecule has 8 N–H and O–H groups in total. The number of carboxylic acid groups (broad SMARTS) is 2. The van der Waals surface area contributed by atoms with Crippen molar-refractivity contribution in [3.05, 3.63) is 36.0 Å². The Labute approximate surface area is 225 Å². The number of rotatable bonds is 15. The van der Waals surface area contributed by atoms with Crippen LogP contribution < -0.4 is 21.7 Å². The molecule has 1 heterocycles. The Hall–Kier alpha value is -3.58. The highest BCUT2D eigenvalue weighted by atomic mass is 32.1. The van der Waals surface area contributed by atoms with E-state index >= 15 is 0 Å². The van der Waals surface area contributed by atoms with Crippen molar-refractivity contribution in [1.82, 2.24) is 20.9 Å². The number of nitrogens with one attached hydrogen (secondary N) is 4. The van der Waals surface area contributed by atoms with Crippen LogP contribution in [0.15, 0.2) is 30.5 Å². The molecular formula is C25H35N5O7S. The average molecular weight is 550 g/mol. The lowest BCUT2D eigenvalue weighted by molar-refractivity contribution is -0.143. The summed E-state index contributed by atoms with van der Waals surface area (Å²) in [5.41, 5.74) is 7.45. The number of hydrogen-bond donors (Lipinski definition) is 8. The van der Waals surface area contributed by atoms with Crippen molar-refractivity contribution in [2.45, 2.75) is 63.7 Å². The lowest BCUT2D eigenvalue weighted by Gasteiger charge is -2.25. The fourth-order valence-electron chi connectivity index (χ4n) is 3.77. The molecule has 2 aromatic rings. The summed E-state index contributed by atoms with van der Waals surface area (Å²) in [4.78, 5) is 64.5. The van der Waals surface area contributed by atoms with Gasteiger partial charge in [0.2, 0.25) is 17.7 Å². The molecule has 0 aliphatic rings. The Morgan fingerprint density at radius 1 is 0.974 bits per heavy atom. The Balaban J connectivity index is 2.27. The SMILES string of the molecule is CCC(C)C(N)C(=O)NC(CS)C(=O)NC(Cc1c[nH]c2ccccc12)C(=O)NC(CCC(=O)O)C(=O)O. The number of aliphatic carboxylic acids is 2. The third kappa shape index (κ3) is 8.48. The lowest BCUT2D eigenvalue weighted by atomic mass is 9.99. The molecule has 0 saturated heterocycles. The van der Waals surface area contributed by atoms with E-state index in [4.69, 9.17) is 10.8 Å². The highest BCUT2D eigenvalue weighted by Crippen LogP contribution is 2.19. The van der Waals surface area contributed by atoms with Crippen molar-refractivity contribution in [3.63, 3.8) is 0 Å². The molecule has 1 aromatic heterocycles. The first kappa shape index (κ1) is 30.6. The maximum atomic E-state index is 13.2. The molecule has 38 heavy (non-hydrogen) atoms. The third-order valence-corrected chi connectivity index (χ3v) is 6.73. The van der Waals surface area contributed by atoms with Gasteiger partial charge in [-0.05, 0) is 24.0 Å². The molecule has 208 valence electrons. The van der Waals surface area contributed by atoms with Crippen molar-refractivity contribution >= 4 is 53.2 Å². The zero-order valence-corrected chi connectivity index (χ0v) is 22.2. The van der Waals surface area contributed by atoms with E-state index in [0.717, 1.165) is 10.9 Å². The molecule has 5 atom stereocenters. The van der Waals surface area contributed by atoms with Crippen LogP contribution in [0.2, 0.25) is 0 Å². The highest BCUT2D eigenvalue weighted by Gasteiger charge is 2.31. The largest absolute Gasteiger partial charge is 0.481 e. The van der Waals surface area contributed by atoms with E-state index < -0.39 is 60.2 Å². The first-order valence-electron chi connectivity index (χ1n) is 12.3. The zero-order chi connectivity index (χ0) is 28.4. The van der Waals surface area contributed by atoms with Gasteiger partial charge in [-0.2, -0.15) is 12.6 Å². The van der Waals surface area contributed by atoms with Crippen molar-refractivity contribution in [2.75, 3.05) is 5.75 Å². The number of H-pyrrole nitrogens is 1. The van der Waals surface area contributed by atoms with Crippen molar-refractivity contribution in [1.29, 1.82) is 0 Å². The summed E-state index contributed by atoms with van der Waals surface area (Å²) < 4.78 is 0. The predicted octanol–water partition coefficient (Wildman–Crippen LogP) is 0.417. The van der Waals surface area contributed by atoms with Crippen molar-refractivity contribution < 1.29 is 34.2 Å². The number of hydrogen-bond acceptors (Lipinski definition) is 7. The molecule has 0 saturated carbocycles. The number of carboxylic acids is 2. The number of amides is 3. The van der Waals surface area contributed by atoms with Gasteiger partial charge in [0.1, 0.15) is 18.1 Å². The molecule has 2 rings (SSSR count). The molecule has 0 fully saturated rings. The van der Waals surface area contributed by atoms with Crippen LogP contribution in [0.5, 0.6) is 0 Å². The number of para-hydroxylation sites is 1. The van der Waals surface area contributed by atoms with Gasteiger partial charge in [-0.3, -0.25) is 19.2 Å². The van der Waals surface area contributed by atoms with Gasteiger partial charge in [0.15, 0.2) is 0 Å². The quantitative estimate of drug-likeness (QED) is 0.146. The van der Waals surface area contributed by atoms with Crippen LogP contribution in [-0.2, 0) is 30.4 Å². The standard InChI is InChI=1S/C25H35N5O7S/c1-3-13(2)21(26)24(35)30-19(12-38)23(34)29-18(10-14-11-27-16-7-5-4-6-15(14)16)22(33)28-17(25(36)37)8-9-20(31)32/h4-7,11,13,17-19,21,27,38H,3,8-10,12,26H2,1-2H3,(H,28,33)(H,29,34)(H,30,35)(H,31,32)(H,36,37). The summed E-state index contributed by atoms with van der Waals surface area (Å²) in [6.07, 6.45) is 1.52. The Kier molecular flexibility index (Phi) is 11.6. The Morgan fingerprint density at radius 3 is 2.18 bits per heavy atom. The van der Waals surface area contributed by atoms with Crippen LogP contribution >= 0.6 is 12.6 Å². The van der Waals surface area contributed by atoms with Crippen LogP contribution in [0.4, 0.5) is 0 Å². The van der Waals surface area contributed by atoms with Gasteiger partial charge in [-0.25, -0.2) is 4.79 Å². The molecule has 0 spiro atoms. The van der Waals surface area contributed by atoms with Crippen LogP contribution in [0.1, 0.15) is 38.7 Å². The fraction of sp³-hybridized carbons (Fsp3) is 0.480. The Morgan fingerprint density at radius 2 is 1.58 bits per heavy atom. The van der Waals surface area contributed by atoms with Crippen molar-refractivity contribution in [2.24, 2.45) is 11.7 Å². The number of carbonyl (C=O) groups excluding carboxylic acids is 3. The summed E-state index contributed by atoms with van der Waals surface area (Å²) in [6, 6.07) is 2.65. The van der Waals surface area contributed by atoms with Gasteiger partial charge in [-0.15, -0.1) is 0 Å². The maximum absolute atomic E-state index is 13.2. The van der Waals surface area contributed by atoms with Gasteiger partial charge >= 0.3 is 11.9 Å². The summed E-state index contributed by atoms with van der Waals surface area (Å²) in [6.45, 7) is 3.69. The molecule has 1 aromatic carbocycles. The van der Waals surface area contributed by atoms with Crippen LogP contribution in [-0.4, -0.2) is 74.8 Å². The second-order valence-electron chi connectivity index (χ2n) is 9.11. The van der Waals surface area contributed by atoms with Gasteiger partial charge in [-0.1, -0.05) is 38.5 Å². The minimum Gasteiger partial charge on any atom is -0.481 e. The van der Waals surface area contributed by atoms with E-state index in [1.165, 1.54) is 0 Å². The zero-order valence-electron chi connectivity index (χ0n) is 21.3. The van der Waals surface area contributed by atoms with Gasteiger partial charge in [0.25, 0.3) is 0 Å². The normalized spacial score (nSPS) is 15.1. The van der Waals surface area contributed by atoms with Crippen molar-refractivity contribution in [3.8, 4) is 0 Å². The minimum absolute atomic E-state index is 0.00746. The van der Waals surface area contributed by atoms with Crippen LogP contribution in [0.3, 0.4) is 0 Å². The molecule has 0 radical (unpaired) electrons. The van der Waals surface area contributed by atoms with E-state index in [1.807, 2.05) is 38.1 Å². The van der Waals surface area contributed by atoms with E-state index in [0.29, 0.717) is 12.0 Å². The number of aromatic nitrogens is 1. The number of fused-ring (bicyclic) bond motifs is 1. The number of aromatic amines is 1. The lowest BCUT2D eigenvalue weighted by Crippen LogP contribution is -2.58. The average Bonchev–Trinajstić information content (AvgIpc) is 3.30. The molecule has 0 aliphatic carbocycles. The monoisotopic (exact) mass is 549 g/mol. The highest BCUT2D eigenvalue weighted by molar-refractivity contribution is 7.80. The summed E-state index contributed by atoms with van der Waals surface area (Å²) in [7, 11) is 0. The number of benzene rings is 1. The number of nitrogens with two attached hydrogens (primary N) is 1. The maximum Gasteiger partial charge on any atom is 0.326 e. The van der Waals surface area contributed by atoms with Gasteiger partial charge in [0, 0.05) is 35.7 Å². The van der Waals surface area contributed by atoms with Gasteiger partial charge in [0.05, 0.1) is 6.04 Å². The molecule has 3 amide bonds. The number of carbonyl (C=O) groups is 5. The van der Waals surface area contributed by atoms with Crippen LogP contribution in [0, 0.1) is 5.92 Å². The third-order valence-electron chi connectivity index (χ3n) is 6.37. The first-order valence-corrected chi connectivity index (χ1v) is 12.9. The summed E-state index contributed by atoms with van der Waals surface area (Å²) >= 11 is 4.16. The molecule has 13 heteroatoms. The second-order valence-corrected chi connectivity index (χ2v) is 9.48. The molecule has 0 aliphatic heterocycles. The summed E-state index contributed by atoms with van der Waals surface area (Å²) in [5, 5.41) is 26.7. The fourth-order valence-corrected chi connectivity index (χ4v) is 4.03. The van der Waals surface area contributed by atoms with Crippen LogP contribution in [0.25, 0.3) is 10.9 Å². The predicted molar refractivity (Wildman–Crippen MR) is 144 cm³/mol. The van der Waals surface area contributed by atoms with Gasteiger partial charge < -0.3 is 36.9 Å². The molecular weight excluding hydrogens is 514 g/mol. The topological polar surface area (TPSA) is 204 Å². The minimum atomic E-state index is -1.48. The van der Waals surface area contributed by atoms with E-state index in [1.54, 1.807) is 6.20 Å². The molecule has 0 bridgehead atoms. The molecule has 12 nitrogen and oxygen atoms in total. The van der Waals surface area contributed by atoms with E-state index in [2.05, 4.69) is 33.6 Å². The number of thiol groups is 1. The second kappa shape index (κ2) is 14.4. The van der Waals surface area contributed by atoms with E-state index in [-0.39, 0.29) is 24.5 Å².